The summed E-state index contributed by atoms with van der Waals surface area (Å²) in [6.07, 6.45) is 1.98. The Kier molecular flexibility index (Phi) is 4.78. The zero-order valence-electron chi connectivity index (χ0n) is 9.70. The van der Waals surface area contributed by atoms with E-state index in [2.05, 4.69) is 18.3 Å². The predicted octanol–water partition coefficient (Wildman–Crippen LogP) is 3.57. The number of nitrogens with zero attached hydrogens (tertiary/aromatic N) is 1. The van der Waals surface area contributed by atoms with Gasteiger partial charge in [-0.3, -0.25) is 0 Å². The normalized spacial score (nSPS) is 13.9. The Labute approximate surface area is 96.1 Å². The molecule has 0 bridgehead atoms. The van der Waals surface area contributed by atoms with Crippen LogP contribution in [0.15, 0.2) is 24.3 Å². The van der Waals surface area contributed by atoms with Gasteiger partial charge in [-0.15, -0.1) is 0 Å². The molecular weight excluding hydrogens is 203 g/mol. The van der Waals surface area contributed by atoms with Crippen molar-refractivity contribution in [2.24, 2.45) is 5.92 Å². The van der Waals surface area contributed by atoms with Crippen LogP contribution >= 0.6 is 0 Å². The molecule has 0 aliphatic carbocycles. The minimum Gasteiger partial charge on any atom is -0.367 e. The summed E-state index contributed by atoms with van der Waals surface area (Å²) in [6, 6.07) is 8.28. The van der Waals surface area contributed by atoms with Crippen LogP contribution in [0.5, 0.6) is 0 Å². The van der Waals surface area contributed by atoms with Crippen LogP contribution < -0.4 is 5.32 Å². The van der Waals surface area contributed by atoms with E-state index in [1.54, 1.807) is 18.2 Å². The molecule has 0 radical (unpaired) electrons. The Bertz CT molecular complexity index is 370. The molecule has 0 amide bonds. The van der Waals surface area contributed by atoms with Gasteiger partial charge in [0, 0.05) is 0 Å². The van der Waals surface area contributed by atoms with Gasteiger partial charge in [-0.1, -0.05) is 32.4 Å². The van der Waals surface area contributed by atoms with Crippen LogP contribution in [0, 0.1) is 23.1 Å². The van der Waals surface area contributed by atoms with Crippen LogP contribution in [0.4, 0.5) is 10.1 Å². The Morgan fingerprint density at radius 1 is 1.44 bits per heavy atom. The van der Waals surface area contributed by atoms with Crippen LogP contribution in [0.1, 0.15) is 26.7 Å². The van der Waals surface area contributed by atoms with Crippen molar-refractivity contribution in [2.45, 2.75) is 32.7 Å². The molecule has 0 saturated carbocycles. The number of nitriles is 1. The maximum atomic E-state index is 13.4. The molecule has 1 rings (SSSR count). The Morgan fingerprint density at radius 2 is 2.12 bits per heavy atom. The monoisotopic (exact) mass is 220 g/mol. The molecule has 1 aromatic carbocycles. The van der Waals surface area contributed by atoms with Crippen molar-refractivity contribution < 1.29 is 4.39 Å². The lowest BCUT2D eigenvalue weighted by Gasteiger charge is -2.19. The molecule has 16 heavy (non-hydrogen) atoms. The van der Waals surface area contributed by atoms with Gasteiger partial charge in [-0.05, 0) is 24.5 Å². The van der Waals surface area contributed by atoms with Gasteiger partial charge in [0.2, 0.25) is 0 Å². The SMILES string of the molecule is CCCC(C)C(C#N)Nc1ccccc1F. The smallest absolute Gasteiger partial charge is 0.146 e. The number of para-hydroxylation sites is 1. The minimum absolute atomic E-state index is 0.217. The molecule has 0 heterocycles. The largest absolute Gasteiger partial charge is 0.367 e. The number of nitrogens with one attached hydrogen (secondary N) is 1. The van der Waals surface area contributed by atoms with Gasteiger partial charge in [0.25, 0.3) is 0 Å². The van der Waals surface area contributed by atoms with Gasteiger partial charge in [0.1, 0.15) is 11.9 Å². The molecule has 0 saturated heterocycles. The first-order chi connectivity index (χ1) is 7.69. The number of rotatable bonds is 5. The molecule has 1 N–H and O–H groups in total. The summed E-state index contributed by atoms with van der Waals surface area (Å²) >= 11 is 0. The Morgan fingerprint density at radius 3 is 2.69 bits per heavy atom. The highest BCUT2D eigenvalue weighted by Crippen LogP contribution is 2.18. The quantitative estimate of drug-likeness (QED) is 0.823. The summed E-state index contributed by atoms with van der Waals surface area (Å²) in [4.78, 5) is 0. The molecule has 0 fully saturated rings. The van der Waals surface area contributed by atoms with Crippen molar-refractivity contribution in [3.63, 3.8) is 0 Å². The molecular formula is C13H17FN2. The second-order valence-corrected chi connectivity index (χ2v) is 4.00. The van der Waals surface area contributed by atoms with Gasteiger partial charge in [-0.25, -0.2) is 4.39 Å². The second-order valence-electron chi connectivity index (χ2n) is 4.00. The number of halogens is 1. The second kappa shape index (κ2) is 6.12. The van der Waals surface area contributed by atoms with Crippen molar-refractivity contribution in [3.05, 3.63) is 30.1 Å². The van der Waals surface area contributed by atoms with Gasteiger partial charge in [0.05, 0.1) is 11.8 Å². The van der Waals surface area contributed by atoms with Crippen molar-refractivity contribution >= 4 is 5.69 Å². The molecule has 0 aliphatic rings. The van der Waals surface area contributed by atoms with Crippen molar-refractivity contribution in [1.82, 2.24) is 0 Å². The van der Waals surface area contributed by atoms with Gasteiger partial charge in [0.15, 0.2) is 0 Å². The molecule has 0 spiro atoms. The fourth-order valence-electron chi connectivity index (χ4n) is 1.67. The zero-order valence-corrected chi connectivity index (χ0v) is 9.70. The van der Waals surface area contributed by atoms with E-state index in [0.29, 0.717) is 5.69 Å². The van der Waals surface area contributed by atoms with Crippen LogP contribution in [-0.4, -0.2) is 6.04 Å². The molecule has 0 aliphatic heterocycles. The van der Waals surface area contributed by atoms with E-state index in [-0.39, 0.29) is 17.8 Å². The van der Waals surface area contributed by atoms with E-state index < -0.39 is 0 Å². The van der Waals surface area contributed by atoms with Crippen molar-refractivity contribution in [1.29, 1.82) is 5.26 Å². The lowest BCUT2D eigenvalue weighted by molar-refractivity contribution is 0.497. The fraction of sp³-hybridized carbons (Fsp3) is 0.462. The lowest BCUT2D eigenvalue weighted by atomic mass is 9.97. The number of hydrogen-bond acceptors (Lipinski definition) is 2. The molecule has 3 heteroatoms. The summed E-state index contributed by atoms with van der Waals surface area (Å²) in [6.45, 7) is 4.08. The van der Waals surface area contributed by atoms with Gasteiger partial charge < -0.3 is 5.32 Å². The van der Waals surface area contributed by atoms with Gasteiger partial charge >= 0.3 is 0 Å². The van der Waals surface area contributed by atoms with Crippen LogP contribution in [0.3, 0.4) is 0 Å². The highest BCUT2D eigenvalue weighted by molar-refractivity contribution is 5.46. The van der Waals surface area contributed by atoms with Crippen LogP contribution in [0.2, 0.25) is 0 Å². The molecule has 2 unspecified atom stereocenters. The zero-order chi connectivity index (χ0) is 12.0. The topological polar surface area (TPSA) is 35.8 Å². The average Bonchev–Trinajstić information content (AvgIpc) is 2.28. The first kappa shape index (κ1) is 12.5. The van der Waals surface area contributed by atoms with E-state index in [4.69, 9.17) is 5.26 Å². The maximum Gasteiger partial charge on any atom is 0.146 e. The molecule has 1 aromatic rings. The predicted molar refractivity (Wildman–Crippen MR) is 63.5 cm³/mol. The molecule has 0 aromatic heterocycles. The number of anilines is 1. The van der Waals surface area contributed by atoms with Crippen molar-refractivity contribution in [2.75, 3.05) is 5.32 Å². The summed E-state index contributed by atoms with van der Waals surface area (Å²) in [5.74, 6) is -0.0962. The third-order valence-electron chi connectivity index (χ3n) is 2.64. The third-order valence-corrected chi connectivity index (χ3v) is 2.64. The number of benzene rings is 1. The fourth-order valence-corrected chi connectivity index (χ4v) is 1.67. The summed E-state index contributed by atoms with van der Waals surface area (Å²) in [5.41, 5.74) is 0.400. The van der Waals surface area contributed by atoms with Gasteiger partial charge in [-0.2, -0.15) is 5.26 Å². The van der Waals surface area contributed by atoms with E-state index >= 15 is 0 Å². The summed E-state index contributed by atoms with van der Waals surface area (Å²) < 4.78 is 13.4. The van der Waals surface area contributed by atoms with E-state index in [9.17, 15) is 4.39 Å². The van der Waals surface area contributed by atoms with E-state index in [0.717, 1.165) is 12.8 Å². The van der Waals surface area contributed by atoms with Crippen molar-refractivity contribution in [3.8, 4) is 6.07 Å². The molecule has 86 valence electrons. The number of hydrogen-bond donors (Lipinski definition) is 1. The maximum absolute atomic E-state index is 13.4. The Balaban J connectivity index is 2.71. The highest BCUT2D eigenvalue weighted by atomic mass is 19.1. The van der Waals surface area contributed by atoms with E-state index in [1.165, 1.54) is 6.07 Å². The Hall–Kier alpha value is -1.56. The molecule has 2 atom stereocenters. The van der Waals surface area contributed by atoms with Crippen LogP contribution in [0.25, 0.3) is 0 Å². The standard InChI is InChI=1S/C13H17FN2/c1-3-6-10(2)13(9-15)16-12-8-5-4-7-11(12)14/h4-5,7-8,10,13,16H,3,6H2,1-2H3. The average molecular weight is 220 g/mol. The van der Waals surface area contributed by atoms with Crippen LogP contribution in [-0.2, 0) is 0 Å². The molecule has 2 nitrogen and oxygen atoms in total. The summed E-state index contributed by atoms with van der Waals surface area (Å²) in [5, 5.41) is 12.0. The summed E-state index contributed by atoms with van der Waals surface area (Å²) in [7, 11) is 0. The third kappa shape index (κ3) is 3.23. The first-order valence-corrected chi connectivity index (χ1v) is 5.59. The minimum atomic E-state index is -0.336. The highest BCUT2D eigenvalue weighted by Gasteiger charge is 2.16. The lowest BCUT2D eigenvalue weighted by Crippen LogP contribution is -2.26. The van der Waals surface area contributed by atoms with E-state index in [1.807, 2.05) is 6.92 Å². The first-order valence-electron chi connectivity index (χ1n) is 5.59.